The van der Waals surface area contributed by atoms with Gasteiger partial charge in [0.25, 0.3) is 5.91 Å². The summed E-state index contributed by atoms with van der Waals surface area (Å²) in [4.78, 5) is 51.9. The van der Waals surface area contributed by atoms with E-state index >= 15 is 0 Å². The number of rotatable bonds is 8. The van der Waals surface area contributed by atoms with Gasteiger partial charge < -0.3 is 20.8 Å². The molecule has 0 spiro atoms. The Balaban J connectivity index is 1.62. The zero-order valence-corrected chi connectivity index (χ0v) is 19.9. The number of hydrogen-bond donors (Lipinski definition) is 4. The molecule has 1 aliphatic carbocycles. The number of aromatic nitrogens is 1. The maximum Gasteiger partial charge on any atom is 0.326 e. The summed E-state index contributed by atoms with van der Waals surface area (Å²) in [6, 6.07) is 8.16. The zero-order chi connectivity index (χ0) is 25.2. The van der Waals surface area contributed by atoms with E-state index in [0.717, 1.165) is 0 Å². The molecule has 0 aliphatic heterocycles. The Hall–Kier alpha value is -3.17. The monoisotopic (exact) mass is 507 g/mol. The van der Waals surface area contributed by atoms with Crippen molar-refractivity contribution in [2.75, 3.05) is 5.32 Å². The number of aliphatic carboxylic acids is 2. The molecule has 180 valence electrons. The zero-order valence-electron chi connectivity index (χ0n) is 18.3. The lowest BCUT2D eigenvalue weighted by atomic mass is 9.54. The van der Waals surface area contributed by atoms with Crippen LogP contribution in [0.15, 0.2) is 36.4 Å². The second-order valence-electron chi connectivity index (χ2n) is 8.73. The number of halogens is 2. The number of pyridine rings is 1. The summed E-state index contributed by atoms with van der Waals surface area (Å²) in [5.74, 6) is -4.37. The second-order valence-corrected chi connectivity index (χ2v) is 9.47. The number of nitrogens with one attached hydrogen (secondary N) is 2. The molecule has 11 heteroatoms. The van der Waals surface area contributed by atoms with Crippen molar-refractivity contribution in [2.45, 2.75) is 32.7 Å². The lowest BCUT2D eigenvalue weighted by Gasteiger charge is -2.48. The standard InChI is InChI=1S/C23H23Cl2N3O6/c1-23(2)14(10-15(23)21(31)32)20(30)27-16(22(33)34)9-11-3-5-12(6-4-11)26-19(29)13-7-8-17(24)28-18(13)25/h3-8,14-16H,9-10H2,1-2H3,(H,26,29)(H,27,30)(H,31,32)(H,33,34)/t14-,15+,16+/m1/s1. The van der Waals surface area contributed by atoms with E-state index < -0.39 is 47.0 Å². The number of carboxylic acids is 2. The number of anilines is 1. The molecule has 2 amide bonds. The molecule has 0 unspecified atom stereocenters. The first-order valence-electron chi connectivity index (χ1n) is 10.4. The van der Waals surface area contributed by atoms with Gasteiger partial charge in [0.2, 0.25) is 5.91 Å². The SMILES string of the molecule is CC1(C)[C@@H](C(=O)N[C@@H](Cc2ccc(NC(=O)c3ccc(Cl)nc3Cl)cc2)C(=O)O)C[C@H]1C(=O)O. The molecule has 1 fully saturated rings. The molecule has 0 bridgehead atoms. The van der Waals surface area contributed by atoms with Crippen LogP contribution in [0.4, 0.5) is 5.69 Å². The topological polar surface area (TPSA) is 146 Å². The van der Waals surface area contributed by atoms with Crippen molar-refractivity contribution in [3.8, 4) is 0 Å². The Labute approximate surface area is 205 Å². The number of amides is 2. The van der Waals surface area contributed by atoms with Crippen molar-refractivity contribution < 1.29 is 29.4 Å². The lowest BCUT2D eigenvalue weighted by Crippen LogP contribution is -2.57. The van der Waals surface area contributed by atoms with Gasteiger partial charge in [0.1, 0.15) is 16.3 Å². The predicted octanol–water partition coefficient (Wildman–Crippen LogP) is 3.50. The molecule has 1 aliphatic rings. The van der Waals surface area contributed by atoms with E-state index in [2.05, 4.69) is 15.6 Å². The van der Waals surface area contributed by atoms with Gasteiger partial charge in [-0.3, -0.25) is 14.4 Å². The molecule has 1 heterocycles. The first-order chi connectivity index (χ1) is 15.9. The molecule has 2 aromatic rings. The molecule has 3 rings (SSSR count). The summed E-state index contributed by atoms with van der Waals surface area (Å²) < 4.78 is 0. The Kier molecular flexibility index (Phi) is 7.48. The molecular weight excluding hydrogens is 485 g/mol. The number of benzene rings is 1. The molecule has 34 heavy (non-hydrogen) atoms. The van der Waals surface area contributed by atoms with Gasteiger partial charge in [-0.25, -0.2) is 9.78 Å². The smallest absolute Gasteiger partial charge is 0.326 e. The van der Waals surface area contributed by atoms with E-state index in [0.29, 0.717) is 11.3 Å². The van der Waals surface area contributed by atoms with Crippen LogP contribution in [0.2, 0.25) is 10.3 Å². The van der Waals surface area contributed by atoms with Gasteiger partial charge in [-0.05, 0) is 41.7 Å². The predicted molar refractivity (Wildman–Crippen MR) is 125 cm³/mol. The summed E-state index contributed by atoms with van der Waals surface area (Å²) in [5, 5.41) is 24.1. The van der Waals surface area contributed by atoms with E-state index in [9.17, 15) is 29.4 Å². The molecule has 1 saturated carbocycles. The van der Waals surface area contributed by atoms with Gasteiger partial charge in [-0.15, -0.1) is 0 Å². The number of hydrogen-bond acceptors (Lipinski definition) is 5. The molecule has 4 N–H and O–H groups in total. The largest absolute Gasteiger partial charge is 0.481 e. The fraction of sp³-hybridized carbons (Fsp3) is 0.348. The van der Waals surface area contributed by atoms with Crippen molar-refractivity contribution in [1.82, 2.24) is 10.3 Å². The first-order valence-corrected chi connectivity index (χ1v) is 11.1. The van der Waals surface area contributed by atoms with Crippen LogP contribution in [0, 0.1) is 17.3 Å². The van der Waals surface area contributed by atoms with Crippen LogP contribution in [0.3, 0.4) is 0 Å². The third-order valence-electron chi connectivity index (χ3n) is 6.21. The fourth-order valence-electron chi connectivity index (χ4n) is 4.00. The van der Waals surface area contributed by atoms with Crippen LogP contribution in [0.25, 0.3) is 0 Å². The summed E-state index contributed by atoms with van der Waals surface area (Å²) in [6.45, 7) is 3.38. The van der Waals surface area contributed by atoms with Crippen LogP contribution in [-0.2, 0) is 20.8 Å². The molecular formula is C23H23Cl2N3O6. The lowest BCUT2D eigenvalue weighted by molar-refractivity contribution is -0.164. The third-order valence-corrected chi connectivity index (χ3v) is 6.71. The Morgan fingerprint density at radius 2 is 1.71 bits per heavy atom. The van der Waals surface area contributed by atoms with Gasteiger partial charge in [0.05, 0.1) is 11.5 Å². The normalized spacial score (nSPS) is 19.4. The van der Waals surface area contributed by atoms with E-state index in [1.54, 1.807) is 38.1 Å². The highest BCUT2D eigenvalue weighted by molar-refractivity contribution is 6.35. The maximum absolute atomic E-state index is 12.6. The quantitative estimate of drug-likeness (QED) is 0.399. The Morgan fingerprint density at radius 1 is 1.06 bits per heavy atom. The molecule has 9 nitrogen and oxygen atoms in total. The van der Waals surface area contributed by atoms with Crippen molar-refractivity contribution in [1.29, 1.82) is 0 Å². The third kappa shape index (κ3) is 5.48. The minimum absolute atomic E-state index is 0.0116. The van der Waals surface area contributed by atoms with Crippen LogP contribution >= 0.6 is 23.2 Å². The molecule has 1 aromatic carbocycles. The molecule has 0 saturated heterocycles. The molecule has 0 radical (unpaired) electrons. The number of carbonyl (C=O) groups excluding carboxylic acids is 2. The van der Waals surface area contributed by atoms with Crippen LogP contribution in [0.1, 0.15) is 36.2 Å². The fourth-order valence-corrected chi connectivity index (χ4v) is 4.43. The molecule has 3 atom stereocenters. The van der Waals surface area contributed by atoms with Gasteiger partial charge in [-0.2, -0.15) is 0 Å². The summed E-state index contributed by atoms with van der Waals surface area (Å²) in [7, 11) is 0. The molecule has 1 aromatic heterocycles. The Morgan fingerprint density at radius 3 is 2.24 bits per heavy atom. The van der Waals surface area contributed by atoms with Gasteiger partial charge in [0, 0.05) is 18.0 Å². The van der Waals surface area contributed by atoms with Crippen LogP contribution in [-0.4, -0.2) is 45.0 Å². The van der Waals surface area contributed by atoms with Crippen molar-refractivity contribution in [3.63, 3.8) is 0 Å². The average molecular weight is 508 g/mol. The number of carboxylic acid groups (broad SMARTS) is 2. The van der Waals surface area contributed by atoms with Gasteiger partial charge in [0.15, 0.2) is 0 Å². The average Bonchev–Trinajstić information content (AvgIpc) is 2.73. The van der Waals surface area contributed by atoms with Crippen LogP contribution < -0.4 is 10.6 Å². The van der Waals surface area contributed by atoms with Crippen molar-refractivity contribution >= 4 is 52.6 Å². The highest BCUT2D eigenvalue weighted by Gasteiger charge is 2.55. The summed E-state index contributed by atoms with van der Waals surface area (Å²) in [5.41, 5.74) is 0.453. The van der Waals surface area contributed by atoms with Crippen molar-refractivity contribution in [2.24, 2.45) is 17.3 Å². The summed E-state index contributed by atoms with van der Waals surface area (Å²) in [6.07, 6.45) is 0.180. The maximum atomic E-state index is 12.6. The van der Waals surface area contributed by atoms with Crippen molar-refractivity contribution in [3.05, 3.63) is 57.8 Å². The first kappa shape index (κ1) is 25.5. The van der Waals surface area contributed by atoms with Gasteiger partial charge in [-0.1, -0.05) is 49.2 Å². The van der Waals surface area contributed by atoms with E-state index in [1.165, 1.54) is 12.1 Å². The van der Waals surface area contributed by atoms with Gasteiger partial charge >= 0.3 is 11.9 Å². The van der Waals surface area contributed by atoms with E-state index in [-0.39, 0.29) is 28.7 Å². The highest BCUT2D eigenvalue weighted by atomic mass is 35.5. The minimum Gasteiger partial charge on any atom is -0.481 e. The number of nitrogens with zero attached hydrogens (tertiary/aromatic N) is 1. The second kappa shape index (κ2) is 9.99. The van der Waals surface area contributed by atoms with E-state index in [1.807, 2.05) is 0 Å². The number of carbonyl (C=O) groups is 4. The van der Waals surface area contributed by atoms with E-state index in [4.69, 9.17) is 23.2 Å². The Bertz CT molecular complexity index is 1140. The summed E-state index contributed by atoms with van der Waals surface area (Å²) >= 11 is 11.7. The highest BCUT2D eigenvalue weighted by Crippen LogP contribution is 2.51. The van der Waals surface area contributed by atoms with Crippen LogP contribution in [0.5, 0.6) is 0 Å². The minimum atomic E-state index is -1.21.